The van der Waals surface area contributed by atoms with Crippen molar-refractivity contribution < 1.29 is 35.2 Å². The summed E-state index contributed by atoms with van der Waals surface area (Å²) >= 11 is 0. The van der Waals surface area contributed by atoms with Gasteiger partial charge in [0, 0.05) is 12.1 Å². The highest BCUT2D eigenvalue weighted by molar-refractivity contribution is 6.54. The third-order valence-electron chi connectivity index (χ3n) is 3.36. The van der Waals surface area contributed by atoms with Crippen molar-refractivity contribution in [1.29, 1.82) is 0 Å². The van der Waals surface area contributed by atoms with Gasteiger partial charge >= 0.3 is 11.8 Å². The van der Waals surface area contributed by atoms with Gasteiger partial charge in [-0.3, -0.25) is 0 Å². The minimum absolute atomic E-state index is 0.205. The molecule has 3 unspecified atom stereocenters. The summed E-state index contributed by atoms with van der Waals surface area (Å²) in [6, 6.07) is 0.262. The highest BCUT2D eigenvalue weighted by atomic mass is 28.3. The third-order valence-corrected chi connectivity index (χ3v) is 6.53. The number of hydrogen-bond acceptors (Lipinski definition) is 1. The van der Waals surface area contributed by atoms with E-state index in [1.165, 1.54) is 0 Å². The van der Waals surface area contributed by atoms with E-state index in [4.69, 9.17) is 4.43 Å². The highest BCUT2D eigenvalue weighted by Crippen LogP contribution is 2.49. The van der Waals surface area contributed by atoms with Gasteiger partial charge in [-0.2, -0.15) is 17.6 Å². The Hall–Kier alpha value is -0.313. The topological polar surface area (TPSA) is 9.23 Å². The van der Waals surface area contributed by atoms with Crippen LogP contribution in [0.4, 0.5) is 30.7 Å². The molecule has 0 aromatic heterocycles. The molecule has 3 atom stereocenters. The van der Waals surface area contributed by atoms with Gasteiger partial charge in [0.2, 0.25) is 6.17 Å². The molecule has 1 nitrogen and oxygen atoms in total. The lowest BCUT2D eigenvalue weighted by atomic mass is 10.0. The third kappa shape index (κ3) is 3.23. The summed E-state index contributed by atoms with van der Waals surface area (Å²) in [7, 11) is -2.66. The smallest absolute Gasteiger partial charge is 0.346 e. The van der Waals surface area contributed by atoms with Crippen LogP contribution >= 0.6 is 0 Å². The SMILES string of the molecule is CC([SiH]1CCCCO1)C(F)(F)C(F)(F)C(F)C(F)F. The molecule has 0 saturated carbocycles. The van der Waals surface area contributed by atoms with Crippen LogP contribution in [0.5, 0.6) is 0 Å². The van der Waals surface area contributed by atoms with Crippen LogP contribution in [0.1, 0.15) is 19.8 Å². The molecule has 1 saturated heterocycles. The standard InChI is InChI=1S/C10H15F7OSi/c1-6(19-5-3-2-4-18-19)9(14,15)10(16,17)7(11)8(12)13/h6-8,19H,2-5H2,1H3. The summed E-state index contributed by atoms with van der Waals surface area (Å²) in [6.07, 6.45) is -7.10. The van der Waals surface area contributed by atoms with Crippen molar-refractivity contribution in [3.05, 3.63) is 0 Å². The first-order chi connectivity index (χ1) is 8.62. The molecule has 1 aliphatic rings. The molecular formula is C10H15F7OSi. The van der Waals surface area contributed by atoms with Gasteiger partial charge in [-0.05, 0) is 12.5 Å². The number of rotatable bonds is 5. The predicted molar refractivity (Wildman–Crippen MR) is 57.4 cm³/mol. The molecule has 1 fully saturated rings. The molecule has 0 bridgehead atoms. The van der Waals surface area contributed by atoms with Gasteiger partial charge in [0.15, 0.2) is 9.04 Å². The lowest BCUT2D eigenvalue weighted by molar-refractivity contribution is -0.258. The lowest BCUT2D eigenvalue weighted by Crippen LogP contribution is -2.55. The van der Waals surface area contributed by atoms with Crippen molar-refractivity contribution in [1.82, 2.24) is 0 Å². The lowest BCUT2D eigenvalue weighted by Gasteiger charge is -2.37. The van der Waals surface area contributed by atoms with E-state index in [1.54, 1.807) is 0 Å². The molecule has 0 aromatic carbocycles. The van der Waals surface area contributed by atoms with Crippen LogP contribution in [0, 0.1) is 0 Å². The molecular weight excluding hydrogens is 297 g/mol. The van der Waals surface area contributed by atoms with E-state index in [9.17, 15) is 30.7 Å². The van der Waals surface area contributed by atoms with Crippen molar-refractivity contribution in [3.8, 4) is 0 Å². The van der Waals surface area contributed by atoms with Gasteiger partial charge < -0.3 is 4.43 Å². The number of hydrogen-bond donors (Lipinski definition) is 0. The Balaban J connectivity index is 2.87. The van der Waals surface area contributed by atoms with E-state index in [2.05, 4.69) is 0 Å². The summed E-state index contributed by atoms with van der Waals surface area (Å²) in [6.45, 7) is 1.03. The Labute approximate surface area is 107 Å². The fraction of sp³-hybridized carbons (Fsp3) is 1.00. The first-order valence-corrected chi connectivity index (χ1v) is 7.87. The van der Waals surface area contributed by atoms with Crippen molar-refractivity contribution in [2.75, 3.05) is 6.61 Å². The molecule has 1 aliphatic heterocycles. The van der Waals surface area contributed by atoms with E-state index in [0.29, 0.717) is 12.8 Å². The van der Waals surface area contributed by atoms with Gasteiger partial charge in [-0.15, -0.1) is 0 Å². The van der Waals surface area contributed by atoms with Gasteiger partial charge in [0.05, 0.1) is 0 Å². The van der Waals surface area contributed by atoms with Crippen molar-refractivity contribution in [2.24, 2.45) is 0 Å². The average molecular weight is 312 g/mol. The monoisotopic (exact) mass is 312 g/mol. The van der Waals surface area contributed by atoms with E-state index >= 15 is 0 Å². The first-order valence-electron chi connectivity index (χ1n) is 5.91. The van der Waals surface area contributed by atoms with Gasteiger partial charge in [0.1, 0.15) is 0 Å². The molecule has 0 amide bonds. The second-order valence-corrected chi connectivity index (χ2v) is 7.66. The summed E-state index contributed by atoms with van der Waals surface area (Å²) < 4.78 is 95.4. The van der Waals surface area contributed by atoms with E-state index in [-0.39, 0.29) is 12.7 Å². The number of halogens is 7. The fourth-order valence-electron chi connectivity index (χ4n) is 2.04. The Morgan fingerprint density at radius 1 is 1.00 bits per heavy atom. The van der Waals surface area contributed by atoms with E-state index < -0.39 is 39.0 Å². The van der Waals surface area contributed by atoms with Crippen molar-refractivity contribution in [3.63, 3.8) is 0 Å². The average Bonchev–Trinajstić information content (AvgIpc) is 2.37. The molecule has 0 aromatic rings. The zero-order chi connectivity index (χ0) is 14.8. The zero-order valence-electron chi connectivity index (χ0n) is 10.2. The van der Waals surface area contributed by atoms with Crippen LogP contribution in [0.2, 0.25) is 11.6 Å². The maximum absolute atomic E-state index is 13.6. The van der Waals surface area contributed by atoms with Crippen LogP contribution < -0.4 is 0 Å². The Bertz CT molecular complexity index is 294. The molecule has 0 N–H and O–H groups in total. The largest absolute Gasteiger partial charge is 0.420 e. The maximum Gasteiger partial charge on any atom is 0.346 e. The normalized spacial score (nSPS) is 25.4. The van der Waals surface area contributed by atoms with Crippen LogP contribution in [0.25, 0.3) is 0 Å². The van der Waals surface area contributed by atoms with Gasteiger partial charge in [-0.1, -0.05) is 13.3 Å². The van der Waals surface area contributed by atoms with Crippen LogP contribution in [-0.4, -0.2) is 40.1 Å². The molecule has 114 valence electrons. The number of alkyl halides is 7. The molecule has 0 aliphatic carbocycles. The van der Waals surface area contributed by atoms with Crippen molar-refractivity contribution in [2.45, 2.75) is 55.8 Å². The Kier molecular flexibility index (Phi) is 5.27. The maximum atomic E-state index is 13.6. The molecule has 0 spiro atoms. The summed E-state index contributed by atoms with van der Waals surface area (Å²) in [5.74, 6) is -10.2. The van der Waals surface area contributed by atoms with Gasteiger partial charge in [-0.25, -0.2) is 13.2 Å². The Morgan fingerprint density at radius 3 is 2.00 bits per heavy atom. The Morgan fingerprint density at radius 2 is 1.58 bits per heavy atom. The second kappa shape index (κ2) is 5.98. The highest BCUT2D eigenvalue weighted by Gasteiger charge is 2.67. The molecule has 9 heteroatoms. The van der Waals surface area contributed by atoms with Crippen LogP contribution in [0.15, 0.2) is 0 Å². The van der Waals surface area contributed by atoms with Gasteiger partial charge in [0.25, 0.3) is 6.43 Å². The second-order valence-electron chi connectivity index (χ2n) is 4.68. The summed E-state index contributed by atoms with van der Waals surface area (Å²) in [5, 5.41) is 0. The molecule has 1 heterocycles. The zero-order valence-corrected chi connectivity index (χ0v) is 11.3. The summed E-state index contributed by atoms with van der Waals surface area (Å²) in [5.41, 5.74) is -1.90. The van der Waals surface area contributed by atoms with E-state index in [0.717, 1.165) is 6.92 Å². The minimum atomic E-state index is -5.39. The predicted octanol–water partition coefficient (Wildman–Crippen LogP) is 3.78. The van der Waals surface area contributed by atoms with Crippen LogP contribution in [0.3, 0.4) is 0 Å². The van der Waals surface area contributed by atoms with E-state index in [1.807, 2.05) is 0 Å². The minimum Gasteiger partial charge on any atom is -0.420 e. The fourth-order valence-corrected chi connectivity index (χ4v) is 4.84. The molecule has 0 radical (unpaired) electrons. The van der Waals surface area contributed by atoms with Crippen LogP contribution in [-0.2, 0) is 4.43 Å². The van der Waals surface area contributed by atoms with Crippen molar-refractivity contribution >= 4 is 9.04 Å². The summed E-state index contributed by atoms with van der Waals surface area (Å²) in [4.78, 5) is 0. The molecule has 1 rings (SSSR count). The quantitative estimate of drug-likeness (QED) is 0.554. The first kappa shape index (κ1) is 16.7. The molecule has 19 heavy (non-hydrogen) atoms.